The smallest absolute Gasteiger partial charge is 0.258 e. The van der Waals surface area contributed by atoms with Crippen molar-refractivity contribution in [2.24, 2.45) is 0 Å². The fourth-order valence-electron chi connectivity index (χ4n) is 2.74. The zero-order valence-corrected chi connectivity index (χ0v) is 19.9. The summed E-state index contributed by atoms with van der Waals surface area (Å²) in [7, 11) is -7.39. The molecule has 0 heterocycles. The van der Waals surface area contributed by atoms with E-state index in [4.69, 9.17) is 0 Å². The van der Waals surface area contributed by atoms with E-state index < -0.39 is 33.2 Å². The SMILES string of the molecule is CCCCCCCCCCCCS(=O)(=O)SSS(=O)(=O)c1ccccc1[N+](=O)[O-]. The Labute approximate surface area is 180 Å². The summed E-state index contributed by atoms with van der Waals surface area (Å²) in [4.78, 5) is 9.71. The van der Waals surface area contributed by atoms with Gasteiger partial charge in [0.15, 0.2) is 4.90 Å². The summed E-state index contributed by atoms with van der Waals surface area (Å²) in [5.41, 5.74) is -0.562. The van der Waals surface area contributed by atoms with E-state index >= 15 is 0 Å². The second-order valence-electron chi connectivity index (χ2n) is 6.76. The van der Waals surface area contributed by atoms with E-state index in [1.54, 1.807) is 0 Å². The van der Waals surface area contributed by atoms with Crippen LogP contribution in [0.5, 0.6) is 0 Å². The molecule has 1 rings (SSSR count). The number of para-hydroxylation sites is 1. The zero-order chi connectivity index (χ0) is 21.8. The lowest BCUT2D eigenvalue weighted by Crippen LogP contribution is -2.03. The molecule has 0 saturated heterocycles. The van der Waals surface area contributed by atoms with Crippen molar-refractivity contribution in [3.63, 3.8) is 0 Å². The molecule has 0 radical (unpaired) electrons. The normalized spacial score (nSPS) is 12.2. The highest BCUT2D eigenvalue weighted by atomic mass is 33.7. The van der Waals surface area contributed by atoms with Gasteiger partial charge in [0, 0.05) is 6.07 Å². The molecule has 0 spiro atoms. The third-order valence-electron chi connectivity index (χ3n) is 4.30. The first-order valence-corrected chi connectivity index (χ1v) is 16.1. The Hall–Kier alpha value is -0.780. The molecule has 7 nitrogen and oxygen atoms in total. The lowest BCUT2D eigenvalue weighted by atomic mass is 10.1. The van der Waals surface area contributed by atoms with Gasteiger partial charge in [0.25, 0.3) is 5.69 Å². The van der Waals surface area contributed by atoms with Gasteiger partial charge >= 0.3 is 0 Å². The van der Waals surface area contributed by atoms with Crippen LogP contribution < -0.4 is 0 Å². The third kappa shape index (κ3) is 10.7. The molecule has 0 bridgehead atoms. The molecule has 0 amide bonds. The molecular formula is C18H29NO6S4. The minimum absolute atomic E-state index is 0.104. The zero-order valence-electron chi connectivity index (χ0n) is 16.6. The number of nitro groups is 1. The Morgan fingerprint density at radius 3 is 1.90 bits per heavy atom. The molecule has 1 aromatic rings. The van der Waals surface area contributed by atoms with Crippen LogP contribution in [0.15, 0.2) is 29.2 Å². The molecular weight excluding hydrogens is 454 g/mol. The molecule has 29 heavy (non-hydrogen) atoms. The number of unbranched alkanes of at least 4 members (excludes halogenated alkanes) is 9. The van der Waals surface area contributed by atoms with Gasteiger partial charge in [-0.05, 0) is 12.5 Å². The molecule has 0 unspecified atom stereocenters. The average Bonchev–Trinajstić information content (AvgIpc) is 2.68. The number of rotatable bonds is 16. The van der Waals surface area contributed by atoms with Gasteiger partial charge in [-0.3, -0.25) is 10.1 Å². The van der Waals surface area contributed by atoms with E-state index in [1.165, 1.54) is 44.2 Å². The second-order valence-corrected chi connectivity index (χ2v) is 16.0. The topological polar surface area (TPSA) is 111 Å². The summed E-state index contributed by atoms with van der Waals surface area (Å²) in [6.45, 7) is 2.19. The van der Waals surface area contributed by atoms with E-state index in [2.05, 4.69) is 6.92 Å². The summed E-state index contributed by atoms with van der Waals surface area (Å²) < 4.78 is 48.9. The first-order valence-electron chi connectivity index (χ1n) is 9.78. The lowest BCUT2D eigenvalue weighted by molar-refractivity contribution is -0.387. The highest BCUT2D eigenvalue weighted by molar-refractivity contribution is 9.23. The van der Waals surface area contributed by atoms with Gasteiger partial charge in [-0.2, -0.15) is 0 Å². The molecule has 0 aliphatic carbocycles. The van der Waals surface area contributed by atoms with Gasteiger partial charge in [-0.25, -0.2) is 16.8 Å². The summed E-state index contributed by atoms with van der Waals surface area (Å²) in [5, 5.41) is 11.0. The molecule has 166 valence electrons. The Bertz CT molecular complexity index is 840. The lowest BCUT2D eigenvalue weighted by Gasteiger charge is -2.05. The summed E-state index contributed by atoms with van der Waals surface area (Å²) in [6.07, 6.45) is 10.7. The maximum Gasteiger partial charge on any atom is 0.288 e. The molecule has 11 heteroatoms. The predicted molar refractivity (Wildman–Crippen MR) is 121 cm³/mol. The van der Waals surface area contributed by atoms with Gasteiger partial charge in [-0.15, -0.1) is 0 Å². The van der Waals surface area contributed by atoms with Crippen LogP contribution >= 0.6 is 19.7 Å². The fourth-order valence-corrected chi connectivity index (χ4v) is 12.9. The number of hydrogen-bond acceptors (Lipinski definition) is 8. The van der Waals surface area contributed by atoms with Crippen LogP contribution in [0.1, 0.15) is 71.1 Å². The van der Waals surface area contributed by atoms with Crippen molar-refractivity contribution in [2.75, 3.05) is 5.75 Å². The number of hydrogen-bond donors (Lipinski definition) is 0. The van der Waals surface area contributed by atoms with E-state index in [1.807, 2.05) is 0 Å². The maximum atomic E-state index is 12.3. The first kappa shape index (κ1) is 26.3. The molecule has 0 fully saturated rings. The molecule has 0 atom stereocenters. The Morgan fingerprint density at radius 1 is 0.828 bits per heavy atom. The van der Waals surface area contributed by atoms with E-state index in [0.717, 1.165) is 37.8 Å². The van der Waals surface area contributed by atoms with Crippen LogP contribution in [-0.2, 0) is 17.7 Å². The second kappa shape index (κ2) is 13.5. The minimum atomic E-state index is -4.16. The van der Waals surface area contributed by atoms with Crippen LogP contribution in [0.3, 0.4) is 0 Å². The van der Waals surface area contributed by atoms with Crippen molar-refractivity contribution in [2.45, 2.75) is 76.0 Å². The molecule has 0 N–H and O–H groups in total. The Kier molecular flexibility index (Phi) is 12.2. The van der Waals surface area contributed by atoms with Crippen LogP contribution in [0.25, 0.3) is 0 Å². The third-order valence-corrected chi connectivity index (χ3v) is 14.3. The van der Waals surface area contributed by atoms with Gasteiger partial charge in [0.05, 0.1) is 30.3 Å². The average molecular weight is 484 g/mol. The maximum absolute atomic E-state index is 12.3. The predicted octanol–water partition coefficient (Wildman–Crippen LogP) is 5.92. The number of benzene rings is 1. The highest BCUT2D eigenvalue weighted by Crippen LogP contribution is 2.40. The van der Waals surface area contributed by atoms with E-state index in [-0.39, 0.29) is 25.4 Å². The Balaban J connectivity index is 2.36. The van der Waals surface area contributed by atoms with Crippen molar-refractivity contribution < 1.29 is 21.8 Å². The molecule has 0 aliphatic heterocycles. The van der Waals surface area contributed by atoms with Crippen LogP contribution in [-0.4, -0.2) is 27.5 Å². The molecule has 0 aliphatic rings. The summed E-state index contributed by atoms with van der Waals surface area (Å²) in [6, 6.07) is 4.91. The van der Waals surface area contributed by atoms with Gasteiger partial charge in [-0.1, -0.05) is 76.8 Å². The van der Waals surface area contributed by atoms with Crippen LogP contribution in [0.2, 0.25) is 0 Å². The minimum Gasteiger partial charge on any atom is -0.258 e. The Morgan fingerprint density at radius 2 is 1.34 bits per heavy atom. The van der Waals surface area contributed by atoms with Crippen molar-refractivity contribution in [3.05, 3.63) is 34.4 Å². The number of nitrogens with zero attached hydrogens (tertiary/aromatic N) is 1. The van der Waals surface area contributed by atoms with Crippen molar-refractivity contribution >= 4 is 43.1 Å². The first-order chi connectivity index (χ1) is 13.7. The van der Waals surface area contributed by atoms with Crippen molar-refractivity contribution in [3.8, 4) is 0 Å². The van der Waals surface area contributed by atoms with Crippen molar-refractivity contribution in [1.82, 2.24) is 0 Å². The van der Waals surface area contributed by atoms with Crippen LogP contribution in [0, 0.1) is 10.1 Å². The molecule has 0 saturated carbocycles. The van der Waals surface area contributed by atoms with Gasteiger partial charge in [0.1, 0.15) is 0 Å². The van der Waals surface area contributed by atoms with E-state index in [0.29, 0.717) is 6.42 Å². The molecule has 1 aromatic carbocycles. The largest absolute Gasteiger partial charge is 0.288 e. The van der Waals surface area contributed by atoms with Crippen molar-refractivity contribution in [1.29, 1.82) is 0 Å². The summed E-state index contributed by atoms with van der Waals surface area (Å²) in [5.74, 6) is -0.104. The highest BCUT2D eigenvalue weighted by Gasteiger charge is 2.28. The monoisotopic (exact) mass is 483 g/mol. The van der Waals surface area contributed by atoms with Gasteiger partial charge in [0.2, 0.25) is 17.7 Å². The number of nitro benzene ring substituents is 1. The molecule has 0 aromatic heterocycles. The quantitative estimate of drug-likeness (QED) is 0.123. The summed E-state index contributed by atoms with van der Waals surface area (Å²) >= 11 is 0. The standard InChI is InChI=1S/C18H29NO6S4/c1-2-3-4-5-6-7-8-9-10-13-16-28(22,23)26-27-29(24,25)18-15-12-11-14-17(18)19(20)21/h11-12,14-15H,2-10,13,16H2,1H3. The fraction of sp³-hybridized carbons (Fsp3) is 0.667. The van der Waals surface area contributed by atoms with E-state index in [9.17, 15) is 26.9 Å². The van der Waals surface area contributed by atoms with Gasteiger partial charge < -0.3 is 0 Å². The van der Waals surface area contributed by atoms with Crippen LogP contribution in [0.4, 0.5) is 5.69 Å².